The molecule has 142 valence electrons. The van der Waals surface area contributed by atoms with Crippen LogP contribution in [0, 0.1) is 0 Å². The summed E-state index contributed by atoms with van der Waals surface area (Å²) in [4.78, 5) is 7.07. The predicted molar refractivity (Wildman–Crippen MR) is 85.1 cm³/mol. The third kappa shape index (κ3) is 4.51. The van der Waals surface area contributed by atoms with Gasteiger partial charge in [-0.2, -0.15) is 36.1 Å². The zero-order chi connectivity index (χ0) is 19.7. The van der Waals surface area contributed by atoms with Crippen LogP contribution in [0.1, 0.15) is 11.4 Å². The van der Waals surface area contributed by atoms with E-state index in [1.165, 1.54) is 30.5 Å². The first-order valence-electron chi connectivity index (χ1n) is 7.19. The highest BCUT2D eigenvalue weighted by atomic mass is 32.2. The molecule has 0 aliphatic rings. The van der Waals surface area contributed by atoms with Crippen LogP contribution in [0.4, 0.5) is 32.2 Å². The molecule has 0 bridgehead atoms. The molecule has 0 fully saturated rings. The van der Waals surface area contributed by atoms with E-state index in [1.807, 2.05) is 0 Å². The molecule has 2 aromatic heterocycles. The van der Waals surface area contributed by atoms with Gasteiger partial charge < -0.3 is 4.72 Å². The van der Waals surface area contributed by atoms with Crippen molar-refractivity contribution in [2.24, 2.45) is 0 Å². The lowest BCUT2D eigenvalue weighted by Crippen LogP contribution is -2.13. The van der Waals surface area contributed by atoms with E-state index in [-0.39, 0.29) is 11.6 Å². The summed E-state index contributed by atoms with van der Waals surface area (Å²) < 4.78 is 79.8. The Morgan fingerprint density at radius 1 is 0.852 bits per heavy atom. The van der Waals surface area contributed by atoms with Gasteiger partial charge in [-0.3, -0.25) is 0 Å². The maximum absolute atomic E-state index is 12.7. The Kier molecular flexibility index (Phi) is 5.00. The van der Waals surface area contributed by atoms with Gasteiger partial charge in [-0.15, -0.1) is 0 Å². The quantitative estimate of drug-likeness (QED) is 0.498. The largest absolute Gasteiger partial charge is 0.451 e. The summed E-state index contributed by atoms with van der Waals surface area (Å²) >= 11 is 0.972. The van der Waals surface area contributed by atoms with E-state index in [0.29, 0.717) is 4.90 Å². The van der Waals surface area contributed by atoms with Gasteiger partial charge in [0.1, 0.15) is 5.82 Å². The zero-order valence-corrected chi connectivity index (χ0v) is 13.9. The van der Waals surface area contributed by atoms with Crippen molar-refractivity contribution in [1.29, 1.82) is 0 Å². The van der Waals surface area contributed by atoms with Crippen LogP contribution in [0.15, 0.2) is 53.7 Å². The van der Waals surface area contributed by atoms with Crippen LogP contribution < -0.4 is 4.72 Å². The van der Waals surface area contributed by atoms with Gasteiger partial charge in [0.25, 0.3) is 0 Å². The van der Waals surface area contributed by atoms with Crippen LogP contribution in [-0.4, -0.2) is 19.7 Å². The monoisotopic (exact) mass is 405 g/mol. The lowest BCUT2D eigenvalue weighted by Gasteiger charge is -2.11. The topological polar surface area (TPSA) is 55.6 Å². The number of hydrogen-bond donors (Lipinski definition) is 1. The van der Waals surface area contributed by atoms with Gasteiger partial charge in [-0.25, -0.2) is 9.97 Å². The Bertz CT molecular complexity index is 919. The Labute approximate surface area is 152 Å². The van der Waals surface area contributed by atoms with Crippen molar-refractivity contribution in [3.05, 3.63) is 60.2 Å². The molecule has 1 N–H and O–H groups in total. The summed E-state index contributed by atoms with van der Waals surface area (Å²) in [5, 5.41) is 3.90. The fourth-order valence-electron chi connectivity index (χ4n) is 1.99. The molecular formula is C15H9F6N5S. The Balaban J connectivity index is 1.76. The van der Waals surface area contributed by atoms with E-state index in [9.17, 15) is 26.3 Å². The second-order valence-corrected chi connectivity index (χ2v) is 5.97. The second-order valence-electron chi connectivity index (χ2n) is 5.09. The van der Waals surface area contributed by atoms with E-state index < -0.39 is 23.7 Å². The highest BCUT2D eigenvalue weighted by Crippen LogP contribution is 2.31. The molecule has 0 aliphatic carbocycles. The van der Waals surface area contributed by atoms with Gasteiger partial charge in [0.15, 0.2) is 5.82 Å². The number of rotatable bonds is 4. The summed E-state index contributed by atoms with van der Waals surface area (Å²) in [5.74, 6) is -1.14. The first-order chi connectivity index (χ1) is 12.6. The number of alkyl halides is 6. The molecule has 0 spiro atoms. The molecule has 27 heavy (non-hydrogen) atoms. The number of nitrogens with one attached hydrogen (secondary N) is 1. The van der Waals surface area contributed by atoms with Crippen LogP contribution in [0.3, 0.4) is 0 Å². The zero-order valence-electron chi connectivity index (χ0n) is 13.1. The summed E-state index contributed by atoms with van der Waals surface area (Å²) in [5.41, 5.74) is -0.780. The molecular weight excluding hydrogens is 396 g/mol. The number of nitrogens with zero attached hydrogens (tertiary/aromatic N) is 4. The number of benzene rings is 1. The molecule has 2 heterocycles. The van der Waals surface area contributed by atoms with Crippen molar-refractivity contribution in [2.45, 2.75) is 17.2 Å². The minimum atomic E-state index is -4.70. The first-order valence-corrected chi connectivity index (χ1v) is 8.01. The molecule has 1 aromatic carbocycles. The van der Waals surface area contributed by atoms with Gasteiger partial charge in [-0.1, -0.05) is 0 Å². The number of hydrogen-bond acceptors (Lipinski definition) is 5. The molecule has 12 heteroatoms. The smallest absolute Gasteiger partial charge is 0.310 e. The second kappa shape index (κ2) is 7.10. The maximum atomic E-state index is 12.7. The van der Waals surface area contributed by atoms with Gasteiger partial charge >= 0.3 is 12.4 Å². The van der Waals surface area contributed by atoms with Gasteiger partial charge in [0, 0.05) is 23.2 Å². The molecule has 0 unspecified atom stereocenters. The van der Waals surface area contributed by atoms with Gasteiger partial charge in [0.05, 0.1) is 11.8 Å². The lowest BCUT2D eigenvalue weighted by molar-refractivity contribution is -0.145. The van der Waals surface area contributed by atoms with Crippen LogP contribution in [0.2, 0.25) is 0 Å². The van der Waals surface area contributed by atoms with E-state index >= 15 is 0 Å². The van der Waals surface area contributed by atoms with Crippen LogP contribution in [0.25, 0.3) is 5.82 Å². The van der Waals surface area contributed by atoms with E-state index in [2.05, 4.69) is 19.8 Å². The van der Waals surface area contributed by atoms with E-state index in [4.69, 9.17) is 0 Å². The molecule has 0 amide bonds. The Morgan fingerprint density at radius 2 is 1.56 bits per heavy atom. The summed E-state index contributed by atoms with van der Waals surface area (Å²) in [6.07, 6.45) is -6.84. The highest BCUT2D eigenvalue weighted by Gasteiger charge is 2.35. The van der Waals surface area contributed by atoms with Crippen molar-refractivity contribution in [2.75, 3.05) is 4.72 Å². The minimum absolute atomic E-state index is 0.113. The fraction of sp³-hybridized carbons (Fsp3) is 0.133. The first kappa shape index (κ1) is 19.0. The summed E-state index contributed by atoms with van der Waals surface area (Å²) in [7, 11) is 0. The van der Waals surface area contributed by atoms with Crippen molar-refractivity contribution in [3.63, 3.8) is 0 Å². The van der Waals surface area contributed by atoms with Crippen molar-refractivity contribution < 1.29 is 26.3 Å². The van der Waals surface area contributed by atoms with Crippen molar-refractivity contribution >= 4 is 17.8 Å². The molecule has 0 saturated heterocycles. The normalized spacial score (nSPS) is 12.2. The van der Waals surface area contributed by atoms with Crippen LogP contribution >= 0.6 is 11.9 Å². The number of aromatic nitrogens is 4. The van der Waals surface area contributed by atoms with Gasteiger partial charge in [0.2, 0.25) is 5.82 Å². The molecule has 0 saturated carbocycles. The maximum Gasteiger partial charge on any atom is 0.451 e. The highest BCUT2D eigenvalue weighted by molar-refractivity contribution is 8.00. The predicted octanol–water partition coefficient (Wildman–Crippen LogP) is 4.82. The molecule has 3 rings (SSSR count). The average molecular weight is 405 g/mol. The van der Waals surface area contributed by atoms with E-state index in [0.717, 1.165) is 35.0 Å². The van der Waals surface area contributed by atoms with Crippen LogP contribution in [0.5, 0.6) is 0 Å². The van der Waals surface area contributed by atoms with Crippen molar-refractivity contribution in [3.8, 4) is 5.82 Å². The molecule has 0 atom stereocenters. The van der Waals surface area contributed by atoms with E-state index in [1.54, 1.807) is 0 Å². The molecule has 3 aromatic rings. The third-order valence-electron chi connectivity index (χ3n) is 3.21. The third-order valence-corrected chi connectivity index (χ3v) is 4.03. The Hall–Kier alpha value is -2.76. The standard InChI is InChI=1S/C15H9F6N5S/c16-14(17,18)9-1-3-10(4-2-9)27-25-12-6-8-23-26(12)11-5-7-22-13(24-11)15(19,20)21/h1-8,25H. The van der Waals surface area contributed by atoms with Crippen molar-refractivity contribution in [1.82, 2.24) is 19.7 Å². The lowest BCUT2D eigenvalue weighted by atomic mass is 10.2. The Morgan fingerprint density at radius 3 is 2.19 bits per heavy atom. The number of halogens is 6. The van der Waals surface area contributed by atoms with Gasteiger partial charge in [-0.05, 0) is 36.2 Å². The molecule has 0 radical (unpaired) electrons. The van der Waals surface area contributed by atoms with Crippen LogP contribution in [-0.2, 0) is 12.4 Å². The SMILES string of the molecule is FC(F)(F)c1ccc(SNc2ccnn2-c2ccnc(C(F)(F)F)n2)cc1. The fourth-order valence-corrected chi connectivity index (χ4v) is 2.64. The molecule has 0 aliphatic heterocycles. The number of anilines is 1. The average Bonchev–Trinajstić information content (AvgIpc) is 3.07. The summed E-state index contributed by atoms with van der Waals surface area (Å²) in [6, 6.07) is 7.13. The molecule has 5 nitrogen and oxygen atoms in total. The summed E-state index contributed by atoms with van der Waals surface area (Å²) in [6.45, 7) is 0. The minimum Gasteiger partial charge on any atom is -0.310 e.